The van der Waals surface area contributed by atoms with Crippen LogP contribution in [-0.2, 0) is 11.2 Å². The van der Waals surface area contributed by atoms with Gasteiger partial charge in [-0.25, -0.2) is 0 Å². The average Bonchev–Trinajstić information content (AvgIpc) is 2.52. The number of rotatable bonds is 6. The van der Waals surface area contributed by atoms with Gasteiger partial charge in [0.1, 0.15) is 5.75 Å². The minimum Gasteiger partial charge on any atom is -0.508 e. The number of aryl methyl sites for hydroxylation is 1. The van der Waals surface area contributed by atoms with Crippen LogP contribution in [0, 0.1) is 11.8 Å². The summed E-state index contributed by atoms with van der Waals surface area (Å²) in [6, 6.07) is 7.12. The molecule has 1 amide bonds. The molecule has 1 aromatic carbocycles. The normalized spacial score (nSPS) is 22.0. The van der Waals surface area contributed by atoms with Gasteiger partial charge in [-0.3, -0.25) is 4.79 Å². The minimum absolute atomic E-state index is 0.0144. The van der Waals surface area contributed by atoms with E-state index in [1.54, 1.807) is 12.1 Å². The lowest BCUT2D eigenvalue weighted by molar-refractivity contribution is -0.121. The Kier molecular flexibility index (Phi) is 6.05. The molecule has 1 fully saturated rings. The number of nitrogens with one attached hydrogen (secondary N) is 1. The molecule has 0 heterocycles. The Morgan fingerprint density at radius 1 is 1.19 bits per heavy atom. The molecule has 0 aromatic heterocycles. The molecule has 1 aromatic rings. The first-order chi connectivity index (χ1) is 10.2. The summed E-state index contributed by atoms with van der Waals surface area (Å²) in [6.45, 7) is 0.878. The molecule has 2 rings (SSSR count). The molecular weight excluding hydrogens is 266 g/mol. The SMILES string of the molecule is O=C(CCc1ccccc1O)NCC1CCCCC1CO. The lowest BCUT2D eigenvalue weighted by Crippen LogP contribution is -2.35. The van der Waals surface area contributed by atoms with E-state index in [0.717, 1.165) is 18.4 Å². The number of aliphatic hydroxyl groups excluding tert-OH is 1. The summed E-state index contributed by atoms with van der Waals surface area (Å²) < 4.78 is 0. The van der Waals surface area contributed by atoms with E-state index in [0.29, 0.717) is 31.2 Å². The van der Waals surface area contributed by atoms with Crippen LogP contribution in [0.4, 0.5) is 0 Å². The van der Waals surface area contributed by atoms with Crippen LogP contribution < -0.4 is 5.32 Å². The van der Waals surface area contributed by atoms with Gasteiger partial charge >= 0.3 is 0 Å². The summed E-state index contributed by atoms with van der Waals surface area (Å²) in [5.41, 5.74) is 0.804. The molecule has 21 heavy (non-hydrogen) atoms. The first kappa shape index (κ1) is 15.8. The average molecular weight is 291 g/mol. The van der Waals surface area contributed by atoms with Gasteiger partial charge in [-0.05, 0) is 42.7 Å². The van der Waals surface area contributed by atoms with Gasteiger partial charge in [-0.1, -0.05) is 31.0 Å². The number of hydrogen-bond donors (Lipinski definition) is 3. The molecule has 0 aliphatic heterocycles. The summed E-state index contributed by atoms with van der Waals surface area (Å²) in [7, 11) is 0. The van der Waals surface area contributed by atoms with Crippen molar-refractivity contribution in [1.29, 1.82) is 0 Å². The predicted molar refractivity (Wildman–Crippen MR) is 82.0 cm³/mol. The van der Waals surface area contributed by atoms with Gasteiger partial charge in [-0.15, -0.1) is 0 Å². The maximum atomic E-state index is 11.9. The van der Waals surface area contributed by atoms with E-state index in [1.165, 1.54) is 12.8 Å². The van der Waals surface area contributed by atoms with E-state index < -0.39 is 0 Å². The maximum Gasteiger partial charge on any atom is 0.220 e. The van der Waals surface area contributed by atoms with E-state index in [2.05, 4.69) is 5.32 Å². The lowest BCUT2D eigenvalue weighted by atomic mass is 9.79. The van der Waals surface area contributed by atoms with Crippen LogP contribution >= 0.6 is 0 Å². The second-order valence-electron chi connectivity index (χ2n) is 5.92. The number of phenols is 1. The fourth-order valence-electron chi connectivity index (χ4n) is 3.10. The molecule has 1 aliphatic carbocycles. The Bertz CT molecular complexity index is 461. The van der Waals surface area contributed by atoms with E-state index in [9.17, 15) is 15.0 Å². The van der Waals surface area contributed by atoms with Crippen molar-refractivity contribution in [3.8, 4) is 5.75 Å². The molecule has 0 radical (unpaired) electrons. The van der Waals surface area contributed by atoms with E-state index >= 15 is 0 Å². The zero-order valence-corrected chi connectivity index (χ0v) is 12.4. The number of amides is 1. The smallest absolute Gasteiger partial charge is 0.220 e. The molecule has 0 bridgehead atoms. The van der Waals surface area contributed by atoms with Crippen LogP contribution in [-0.4, -0.2) is 29.3 Å². The molecule has 0 saturated heterocycles. The van der Waals surface area contributed by atoms with Gasteiger partial charge in [0, 0.05) is 19.6 Å². The van der Waals surface area contributed by atoms with Crippen LogP contribution in [0.3, 0.4) is 0 Å². The second-order valence-corrected chi connectivity index (χ2v) is 5.92. The highest BCUT2D eigenvalue weighted by Gasteiger charge is 2.24. The number of aliphatic hydroxyl groups is 1. The monoisotopic (exact) mass is 291 g/mol. The second kappa shape index (κ2) is 8.03. The van der Waals surface area contributed by atoms with Crippen molar-refractivity contribution in [3.05, 3.63) is 29.8 Å². The Hall–Kier alpha value is -1.55. The Morgan fingerprint density at radius 3 is 2.62 bits per heavy atom. The Labute approximate surface area is 126 Å². The molecule has 2 atom stereocenters. The van der Waals surface area contributed by atoms with Crippen LogP contribution in [0.15, 0.2) is 24.3 Å². The number of carbonyl (C=O) groups is 1. The van der Waals surface area contributed by atoms with E-state index in [-0.39, 0.29) is 18.3 Å². The van der Waals surface area contributed by atoms with E-state index in [1.807, 2.05) is 12.1 Å². The number of phenolic OH excluding ortho intramolecular Hbond substituents is 1. The number of para-hydroxylation sites is 1. The van der Waals surface area contributed by atoms with Crippen molar-refractivity contribution < 1.29 is 15.0 Å². The van der Waals surface area contributed by atoms with Crippen molar-refractivity contribution >= 4 is 5.91 Å². The summed E-state index contributed by atoms with van der Waals surface area (Å²) in [5, 5.41) is 22.0. The van der Waals surface area contributed by atoms with Crippen LogP contribution in [0.5, 0.6) is 5.75 Å². The Morgan fingerprint density at radius 2 is 1.90 bits per heavy atom. The lowest BCUT2D eigenvalue weighted by Gasteiger charge is -2.30. The molecule has 116 valence electrons. The van der Waals surface area contributed by atoms with Crippen LogP contribution in [0.2, 0.25) is 0 Å². The summed E-state index contributed by atoms with van der Waals surface area (Å²) in [5.74, 6) is 0.994. The third-order valence-electron chi connectivity index (χ3n) is 4.48. The Balaban J connectivity index is 1.73. The molecule has 2 unspecified atom stereocenters. The highest BCUT2D eigenvalue weighted by Crippen LogP contribution is 2.29. The quantitative estimate of drug-likeness (QED) is 0.753. The largest absolute Gasteiger partial charge is 0.508 e. The zero-order valence-electron chi connectivity index (χ0n) is 12.4. The van der Waals surface area contributed by atoms with Crippen molar-refractivity contribution in [2.45, 2.75) is 38.5 Å². The third kappa shape index (κ3) is 4.74. The number of carbonyl (C=O) groups excluding carboxylic acids is 1. The molecule has 1 saturated carbocycles. The van der Waals surface area contributed by atoms with Crippen molar-refractivity contribution in [3.63, 3.8) is 0 Å². The first-order valence-corrected chi connectivity index (χ1v) is 7.85. The minimum atomic E-state index is 0.0144. The van der Waals surface area contributed by atoms with Gasteiger partial charge in [0.25, 0.3) is 0 Å². The molecule has 4 heteroatoms. The highest BCUT2D eigenvalue weighted by atomic mass is 16.3. The standard InChI is InChI=1S/C17H25NO3/c19-12-15-7-2-1-6-14(15)11-18-17(21)10-9-13-5-3-4-8-16(13)20/h3-5,8,14-15,19-20H,1-2,6-7,9-12H2,(H,18,21). The third-order valence-corrected chi connectivity index (χ3v) is 4.48. The van der Waals surface area contributed by atoms with Crippen molar-refractivity contribution in [2.75, 3.05) is 13.2 Å². The summed E-state index contributed by atoms with van der Waals surface area (Å²) in [4.78, 5) is 11.9. The molecular formula is C17H25NO3. The van der Waals surface area contributed by atoms with Gasteiger partial charge in [-0.2, -0.15) is 0 Å². The number of hydrogen-bond acceptors (Lipinski definition) is 3. The predicted octanol–water partition coefficient (Wildman–Crippen LogP) is 2.24. The summed E-state index contributed by atoms with van der Waals surface area (Å²) in [6.07, 6.45) is 5.46. The maximum absolute atomic E-state index is 11.9. The fourth-order valence-corrected chi connectivity index (χ4v) is 3.10. The molecule has 0 spiro atoms. The van der Waals surface area contributed by atoms with Crippen LogP contribution in [0.25, 0.3) is 0 Å². The first-order valence-electron chi connectivity index (χ1n) is 7.85. The number of benzene rings is 1. The van der Waals surface area contributed by atoms with Crippen LogP contribution in [0.1, 0.15) is 37.7 Å². The number of aromatic hydroxyl groups is 1. The fraction of sp³-hybridized carbons (Fsp3) is 0.588. The van der Waals surface area contributed by atoms with Crippen molar-refractivity contribution in [2.24, 2.45) is 11.8 Å². The van der Waals surface area contributed by atoms with Gasteiger partial charge in [0.05, 0.1) is 0 Å². The van der Waals surface area contributed by atoms with Gasteiger partial charge < -0.3 is 15.5 Å². The molecule has 1 aliphatic rings. The molecule has 3 N–H and O–H groups in total. The van der Waals surface area contributed by atoms with Gasteiger partial charge in [0.2, 0.25) is 5.91 Å². The highest BCUT2D eigenvalue weighted by molar-refractivity contribution is 5.76. The topological polar surface area (TPSA) is 69.6 Å². The van der Waals surface area contributed by atoms with E-state index in [4.69, 9.17) is 0 Å². The zero-order chi connectivity index (χ0) is 15.1. The van der Waals surface area contributed by atoms with Crippen molar-refractivity contribution in [1.82, 2.24) is 5.32 Å². The molecule has 4 nitrogen and oxygen atoms in total. The summed E-state index contributed by atoms with van der Waals surface area (Å²) >= 11 is 0. The van der Waals surface area contributed by atoms with Gasteiger partial charge in [0.15, 0.2) is 0 Å².